The molecule has 2 aliphatic rings. The number of anilines is 3. The molecule has 0 bridgehead atoms. The van der Waals surface area contributed by atoms with E-state index in [0.29, 0.717) is 33.8 Å². The summed E-state index contributed by atoms with van der Waals surface area (Å²) in [6.45, 7) is 7.91. The van der Waals surface area contributed by atoms with Crippen molar-refractivity contribution < 1.29 is 23.8 Å². The highest BCUT2D eigenvalue weighted by Crippen LogP contribution is 2.57. The zero-order chi connectivity index (χ0) is 27.9. The van der Waals surface area contributed by atoms with Crippen molar-refractivity contribution >= 4 is 29.0 Å². The third-order valence-electron chi connectivity index (χ3n) is 7.49. The van der Waals surface area contributed by atoms with E-state index in [9.17, 15) is 9.59 Å². The predicted octanol–water partition coefficient (Wildman–Crippen LogP) is 7.02. The molecule has 6 rings (SSSR count). The van der Waals surface area contributed by atoms with Gasteiger partial charge in [-0.1, -0.05) is 24.3 Å². The SMILES string of the molecule is CCOC(=O)c1ccc2c(c1)C(=O)OC21c2ccc(N(CC)CC)cc2Oc2ccc(Nc3ccccc3)cc21. The maximum absolute atomic E-state index is 13.5. The number of benzene rings is 4. The van der Waals surface area contributed by atoms with E-state index in [0.717, 1.165) is 35.7 Å². The molecule has 2 aliphatic heterocycles. The van der Waals surface area contributed by atoms with Gasteiger partial charge >= 0.3 is 11.9 Å². The minimum absolute atomic E-state index is 0.244. The second-order valence-corrected chi connectivity index (χ2v) is 9.71. The van der Waals surface area contributed by atoms with Crippen LogP contribution in [-0.4, -0.2) is 31.6 Å². The van der Waals surface area contributed by atoms with Gasteiger partial charge in [-0.05, 0) is 75.4 Å². The van der Waals surface area contributed by atoms with Crippen LogP contribution < -0.4 is 15.0 Å². The van der Waals surface area contributed by atoms with E-state index in [1.165, 1.54) is 0 Å². The molecule has 0 saturated carbocycles. The highest BCUT2D eigenvalue weighted by Gasteiger charge is 2.54. The lowest BCUT2D eigenvalue weighted by Gasteiger charge is -2.37. The van der Waals surface area contributed by atoms with Crippen LogP contribution in [0.3, 0.4) is 0 Å². The molecule has 0 saturated heterocycles. The van der Waals surface area contributed by atoms with Crippen molar-refractivity contribution in [2.75, 3.05) is 29.9 Å². The summed E-state index contributed by atoms with van der Waals surface area (Å²) >= 11 is 0. The zero-order valence-corrected chi connectivity index (χ0v) is 22.7. The first-order valence-electron chi connectivity index (χ1n) is 13.6. The van der Waals surface area contributed by atoms with Crippen molar-refractivity contribution in [1.29, 1.82) is 0 Å². The minimum Gasteiger partial charge on any atom is -0.462 e. The Labute approximate surface area is 233 Å². The maximum Gasteiger partial charge on any atom is 0.340 e. The number of fused-ring (bicyclic) bond motifs is 6. The highest BCUT2D eigenvalue weighted by atomic mass is 16.6. The monoisotopic (exact) mass is 534 g/mol. The van der Waals surface area contributed by atoms with Crippen molar-refractivity contribution in [2.24, 2.45) is 0 Å². The fraction of sp³-hybridized carbons (Fsp3) is 0.212. The first-order valence-corrected chi connectivity index (χ1v) is 13.6. The number of nitrogens with one attached hydrogen (secondary N) is 1. The van der Waals surface area contributed by atoms with Crippen LogP contribution in [0.5, 0.6) is 11.5 Å². The smallest absolute Gasteiger partial charge is 0.340 e. The molecule has 40 heavy (non-hydrogen) atoms. The number of hydrogen-bond donors (Lipinski definition) is 1. The van der Waals surface area contributed by atoms with Gasteiger partial charge in [-0.25, -0.2) is 9.59 Å². The van der Waals surface area contributed by atoms with Gasteiger partial charge in [0.25, 0.3) is 0 Å². The first kappa shape index (κ1) is 25.5. The molecule has 0 aliphatic carbocycles. The lowest BCUT2D eigenvalue weighted by molar-refractivity contribution is 0.0224. The van der Waals surface area contributed by atoms with E-state index >= 15 is 0 Å². The van der Waals surface area contributed by atoms with Crippen LogP contribution in [0.25, 0.3) is 0 Å². The van der Waals surface area contributed by atoms with Gasteiger partial charge in [-0.3, -0.25) is 0 Å². The summed E-state index contributed by atoms with van der Waals surface area (Å²) in [6.07, 6.45) is 0. The summed E-state index contributed by atoms with van der Waals surface area (Å²) in [5.41, 5.74) is 4.24. The standard InChI is InChI=1S/C33H30N2O5/c1-4-35(5-2)24-14-16-27-30(20-24)39-29-17-13-23(34-22-10-8-7-9-11-22)19-28(29)33(27)26-15-12-21(31(36)38-6-3)18-25(26)32(37)40-33/h7-20,34H,4-6H2,1-3H3. The third kappa shape index (κ3) is 4.06. The molecule has 1 N–H and O–H groups in total. The van der Waals surface area contributed by atoms with Crippen molar-refractivity contribution in [3.8, 4) is 11.5 Å². The average Bonchev–Trinajstić information content (AvgIpc) is 3.26. The normalized spacial score (nSPS) is 16.3. The number of ether oxygens (including phenoxy) is 3. The molecule has 0 aromatic heterocycles. The lowest BCUT2D eigenvalue weighted by atomic mass is 9.77. The first-order chi connectivity index (χ1) is 19.5. The summed E-state index contributed by atoms with van der Waals surface area (Å²) in [7, 11) is 0. The molecule has 1 unspecified atom stereocenters. The molecule has 7 heteroatoms. The Kier molecular flexibility index (Phi) is 6.42. The Morgan fingerprint density at radius 3 is 2.35 bits per heavy atom. The Morgan fingerprint density at radius 1 is 0.825 bits per heavy atom. The number of para-hydroxylation sites is 1. The van der Waals surface area contributed by atoms with Crippen LogP contribution in [0.15, 0.2) is 84.9 Å². The molecule has 7 nitrogen and oxygen atoms in total. The van der Waals surface area contributed by atoms with Gasteiger partial charge in [-0.2, -0.15) is 0 Å². The molecule has 4 aromatic rings. The van der Waals surface area contributed by atoms with Crippen LogP contribution in [0, 0.1) is 0 Å². The van der Waals surface area contributed by atoms with Crippen molar-refractivity contribution in [1.82, 2.24) is 0 Å². The van der Waals surface area contributed by atoms with Gasteiger partial charge in [0.05, 0.1) is 17.7 Å². The van der Waals surface area contributed by atoms with Crippen molar-refractivity contribution in [3.05, 3.63) is 113 Å². The number of carbonyl (C=O) groups excluding carboxylic acids is 2. The van der Waals surface area contributed by atoms with Gasteiger partial charge in [-0.15, -0.1) is 0 Å². The Morgan fingerprint density at radius 2 is 1.60 bits per heavy atom. The highest BCUT2D eigenvalue weighted by molar-refractivity contribution is 6.00. The van der Waals surface area contributed by atoms with E-state index in [-0.39, 0.29) is 6.61 Å². The van der Waals surface area contributed by atoms with Crippen LogP contribution >= 0.6 is 0 Å². The van der Waals surface area contributed by atoms with Crippen LogP contribution in [-0.2, 0) is 15.1 Å². The van der Waals surface area contributed by atoms with E-state index in [1.807, 2.05) is 66.7 Å². The summed E-state index contributed by atoms with van der Waals surface area (Å²) in [4.78, 5) is 28.2. The maximum atomic E-state index is 13.5. The average molecular weight is 535 g/mol. The summed E-state index contributed by atoms with van der Waals surface area (Å²) in [5.74, 6) is 0.230. The number of esters is 2. The second kappa shape index (κ2) is 10.1. The Balaban J connectivity index is 1.55. The van der Waals surface area contributed by atoms with Gasteiger partial charge in [0.2, 0.25) is 0 Å². The number of nitrogens with zero attached hydrogens (tertiary/aromatic N) is 1. The van der Waals surface area contributed by atoms with E-state index in [1.54, 1.807) is 25.1 Å². The quantitative estimate of drug-likeness (QED) is 0.255. The molecule has 0 radical (unpaired) electrons. The lowest BCUT2D eigenvalue weighted by Crippen LogP contribution is -2.33. The fourth-order valence-electron chi connectivity index (χ4n) is 5.61. The molecule has 202 valence electrons. The topological polar surface area (TPSA) is 77.1 Å². The molecule has 0 amide bonds. The summed E-state index contributed by atoms with van der Waals surface area (Å²) < 4.78 is 18.0. The predicted molar refractivity (Wildman–Crippen MR) is 154 cm³/mol. The Bertz CT molecular complexity index is 1610. The third-order valence-corrected chi connectivity index (χ3v) is 7.49. The largest absolute Gasteiger partial charge is 0.462 e. The van der Waals surface area contributed by atoms with Crippen molar-refractivity contribution in [3.63, 3.8) is 0 Å². The summed E-state index contributed by atoms with van der Waals surface area (Å²) in [5, 5.41) is 3.43. The van der Waals surface area contributed by atoms with Gasteiger partial charge < -0.3 is 24.4 Å². The Hall–Kier alpha value is -4.78. The molecule has 2 heterocycles. The van der Waals surface area contributed by atoms with Crippen LogP contribution in [0.2, 0.25) is 0 Å². The molecular weight excluding hydrogens is 504 g/mol. The van der Waals surface area contributed by atoms with Crippen LogP contribution in [0.1, 0.15) is 58.2 Å². The van der Waals surface area contributed by atoms with Gasteiger partial charge in [0.1, 0.15) is 11.5 Å². The fourth-order valence-corrected chi connectivity index (χ4v) is 5.61. The number of carbonyl (C=O) groups is 2. The minimum atomic E-state index is -1.25. The number of hydrogen-bond acceptors (Lipinski definition) is 7. The molecular formula is C33H30N2O5. The van der Waals surface area contributed by atoms with Gasteiger partial charge in [0, 0.05) is 52.9 Å². The molecule has 0 fully saturated rings. The zero-order valence-electron chi connectivity index (χ0n) is 22.7. The number of rotatable bonds is 7. The second-order valence-electron chi connectivity index (χ2n) is 9.71. The van der Waals surface area contributed by atoms with Gasteiger partial charge in [0.15, 0.2) is 5.60 Å². The molecule has 1 spiro atoms. The van der Waals surface area contributed by atoms with Crippen LogP contribution in [0.4, 0.5) is 17.1 Å². The van der Waals surface area contributed by atoms with E-state index in [4.69, 9.17) is 14.2 Å². The van der Waals surface area contributed by atoms with Crippen molar-refractivity contribution in [2.45, 2.75) is 26.4 Å². The van der Waals surface area contributed by atoms with E-state index in [2.05, 4.69) is 24.1 Å². The molecule has 4 aromatic carbocycles. The molecule has 1 atom stereocenters. The van der Waals surface area contributed by atoms with E-state index < -0.39 is 17.5 Å². The summed E-state index contributed by atoms with van der Waals surface area (Å²) in [6, 6.07) is 26.7.